The average Bonchev–Trinajstić information content (AvgIpc) is 2.30. The molecular weight excluding hydrogens is 204 g/mol. The van der Waals surface area contributed by atoms with E-state index >= 15 is 0 Å². The first-order valence-electron chi connectivity index (χ1n) is 4.59. The largest absolute Gasteiger partial charge is 0.288 e. The quantitative estimate of drug-likeness (QED) is 0.521. The van der Waals surface area contributed by atoms with Gasteiger partial charge in [-0.2, -0.15) is 0 Å². The molecule has 2 aromatic carbocycles. The first-order chi connectivity index (χ1) is 7.36. The van der Waals surface area contributed by atoms with Crippen molar-refractivity contribution in [1.82, 2.24) is 0 Å². The van der Waals surface area contributed by atoms with Crippen molar-refractivity contribution in [2.75, 3.05) is 0 Å². The molecule has 3 aromatic rings. The smallest absolute Gasteiger partial charge is 0.196 e. The molecule has 70 valence electrons. The standard InChI is InChI=1S/C13H6OS/c14-13-9-5-1-3-7-11(9)15-12-8-4-2-6-10(12)13/h1-3,5,7-8H. The van der Waals surface area contributed by atoms with E-state index in [0.717, 1.165) is 14.8 Å². The molecule has 0 unspecified atom stereocenters. The van der Waals surface area contributed by atoms with Crippen molar-refractivity contribution < 1.29 is 0 Å². The van der Waals surface area contributed by atoms with Crippen molar-refractivity contribution in [2.24, 2.45) is 0 Å². The average molecular weight is 210 g/mol. The number of rotatable bonds is 0. The van der Waals surface area contributed by atoms with E-state index in [2.05, 4.69) is 12.1 Å². The van der Waals surface area contributed by atoms with Crippen LogP contribution in [0.4, 0.5) is 0 Å². The van der Waals surface area contributed by atoms with E-state index < -0.39 is 0 Å². The van der Waals surface area contributed by atoms with Gasteiger partial charge in [-0.15, -0.1) is 11.3 Å². The molecule has 2 radical (unpaired) electrons. The maximum atomic E-state index is 12.0. The molecule has 0 fully saturated rings. The lowest BCUT2D eigenvalue weighted by atomic mass is 10.2. The van der Waals surface area contributed by atoms with Crippen LogP contribution in [0.5, 0.6) is 0 Å². The van der Waals surface area contributed by atoms with E-state index in [9.17, 15) is 4.79 Å². The Morgan fingerprint density at radius 2 is 2.00 bits per heavy atom. The van der Waals surface area contributed by atoms with Gasteiger partial charge in [0.25, 0.3) is 0 Å². The summed E-state index contributed by atoms with van der Waals surface area (Å²) in [6, 6.07) is 17.0. The van der Waals surface area contributed by atoms with Gasteiger partial charge in [0.15, 0.2) is 5.43 Å². The summed E-state index contributed by atoms with van der Waals surface area (Å²) in [5.41, 5.74) is 0.0633. The van der Waals surface area contributed by atoms with Gasteiger partial charge in [0.05, 0.1) is 0 Å². The third kappa shape index (κ3) is 1.26. The van der Waals surface area contributed by atoms with Gasteiger partial charge in [-0.05, 0) is 36.4 Å². The minimum atomic E-state index is 0.0633. The number of fused-ring (bicyclic) bond motifs is 2. The summed E-state index contributed by atoms with van der Waals surface area (Å²) in [5.74, 6) is 0. The van der Waals surface area contributed by atoms with E-state index in [1.54, 1.807) is 17.4 Å². The Kier molecular flexibility index (Phi) is 1.82. The molecule has 0 saturated heterocycles. The first-order valence-corrected chi connectivity index (χ1v) is 5.41. The van der Waals surface area contributed by atoms with E-state index in [4.69, 9.17) is 0 Å². The van der Waals surface area contributed by atoms with Gasteiger partial charge in [-0.1, -0.05) is 12.1 Å². The van der Waals surface area contributed by atoms with Crippen LogP contribution in [0, 0.1) is 12.1 Å². The Bertz CT molecular complexity index is 640. The minimum absolute atomic E-state index is 0.0633. The van der Waals surface area contributed by atoms with Crippen molar-refractivity contribution in [1.29, 1.82) is 0 Å². The van der Waals surface area contributed by atoms with Crippen LogP contribution < -0.4 is 5.43 Å². The highest BCUT2D eigenvalue weighted by Gasteiger charge is 2.03. The second kappa shape index (κ2) is 3.17. The fraction of sp³-hybridized carbons (Fsp3) is 0. The number of benzene rings is 2. The van der Waals surface area contributed by atoms with E-state index in [1.165, 1.54) is 0 Å². The second-order valence-electron chi connectivity index (χ2n) is 3.27. The summed E-state index contributed by atoms with van der Waals surface area (Å²) in [6.07, 6.45) is 0. The molecule has 3 rings (SSSR count). The van der Waals surface area contributed by atoms with Crippen molar-refractivity contribution in [3.05, 3.63) is 58.8 Å². The highest BCUT2D eigenvalue weighted by molar-refractivity contribution is 7.24. The van der Waals surface area contributed by atoms with E-state index in [0.29, 0.717) is 5.39 Å². The normalized spacial score (nSPS) is 10.9. The lowest BCUT2D eigenvalue weighted by Crippen LogP contribution is -2.00. The number of hydrogen-bond acceptors (Lipinski definition) is 2. The molecule has 0 atom stereocenters. The Labute approximate surface area is 90.6 Å². The zero-order valence-electron chi connectivity index (χ0n) is 7.78. The highest BCUT2D eigenvalue weighted by Crippen LogP contribution is 2.23. The molecule has 2 heteroatoms. The van der Waals surface area contributed by atoms with Crippen LogP contribution in [0.3, 0.4) is 0 Å². The molecule has 0 spiro atoms. The monoisotopic (exact) mass is 210 g/mol. The summed E-state index contributed by atoms with van der Waals surface area (Å²) < 4.78 is 1.96. The van der Waals surface area contributed by atoms with E-state index in [-0.39, 0.29) is 5.43 Å². The highest BCUT2D eigenvalue weighted by atomic mass is 32.1. The van der Waals surface area contributed by atoms with Gasteiger partial charge >= 0.3 is 0 Å². The SMILES string of the molecule is O=c1c2[c]c[c]cc2sc2ccccc12. The van der Waals surface area contributed by atoms with Crippen molar-refractivity contribution in [3.8, 4) is 0 Å². The maximum absolute atomic E-state index is 12.0. The predicted molar refractivity (Wildman–Crippen MR) is 63.3 cm³/mol. The lowest BCUT2D eigenvalue weighted by molar-refractivity contribution is 1.73. The lowest BCUT2D eigenvalue weighted by Gasteiger charge is -1.98. The van der Waals surface area contributed by atoms with Gasteiger partial charge < -0.3 is 0 Å². The summed E-state index contributed by atoms with van der Waals surface area (Å²) in [5, 5.41) is 1.44. The van der Waals surface area contributed by atoms with Crippen LogP contribution in [0.2, 0.25) is 0 Å². The fourth-order valence-corrected chi connectivity index (χ4v) is 2.66. The zero-order chi connectivity index (χ0) is 10.3. The second-order valence-corrected chi connectivity index (χ2v) is 4.35. The van der Waals surface area contributed by atoms with Crippen LogP contribution in [-0.4, -0.2) is 0 Å². The Morgan fingerprint density at radius 3 is 2.93 bits per heavy atom. The number of hydrogen-bond donors (Lipinski definition) is 0. The molecule has 0 bridgehead atoms. The van der Waals surface area contributed by atoms with Gasteiger partial charge in [-0.25, -0.2) is 0 Å². The van der Waals surface area contributed by atoms with Gasteiger partial charge in [-0.3, -0.25) is 4.79 Å². The van der Waals surface area contributed by atoms with Crippen LogP contribution in [-0.2, 0) is 0 Å². The van der Waals surface area contributed by atoms with E-state index in [1.807, 2.05) is 30.3 Å². The van der Waals surface area contributed by atoms with Gasteiger partial charge in [0, 0.05) is 20.2 Å². The Morgan fingerprint density at radius 1 is 1.13 bits per heavy atom. The molecule has 0 saturated carbocycles. The van der Waals surface area contributed by atoms with Crippen molar-refractivity contribution >= 4 is 31.5 Å². The molecule has 1 heterocycles. The Hall–Kier alpha value is -1.67. The van der Waals surface area contributed by atoms with Gasteiger partial charge in [0.2, 0.25) is 0 Å². The molecule has 0 aliphatic carbocycles. The summed E-state index contributed by atoms with van der Waals surface area (Å²) in [4.78, 5) is 12.0. The van der Waals surface area contributed by atoms with Gasteiger partial charge in [0.1, 0.15) is 0 Å². The first kappa shape index (κ1) is 8.62. The predicted octanol–water partition coefficient (Wildman–Crippen LogP) is 3.02. The molecule has 0 aliphatic rings. The Balaban J connectivity index is 2.66. The van der Waals surface area contributed by atoms with Crippen molar-refractivity contribution in [3.63, 3.8) is 0 Å². The summed E-state index contributed by atoms with van der Waals surface area (Å²) >= 11 is 1.60. The topological polar surface area (TPSA) is 17.1 Å². The fourth-order valence-electron chi connectivity index (χ4n) is 1.63. The third-order valence-electron chi connectivity index (χ3n) is 2.34. The maximum Gasteiger partial charge on any atom is 0.196 e. The third-order valence-corrected chi connectivity index (χ3v) is 3.46. The minimum Gasteiger partial charge on any atom is -0.288 e. The van der Waals surface area contributed by atoms with Crippen molar-refractivity contribution in [2.45, 2.75) is 0 Å². The van der Waals surface area contributed by atoms with Crippen LogP contribution in [0.15, 0.2) is 41.2 Å². The van der Waals surface area contributed by atoms with Crippen LogP contribution in [0.1, 0.15) is 0 Å². The van der Waals surface area contributed by atoms with Crippen LogP contribution >= 0.6 is 11.3 Å². The zero-order valence-corrected chi connectivity index (χ0v) is 8.60. The molecule has 1 aromatic heterocycles. The molecule has 15 heavy (non-hydrogen) atoms. The molecule has 0 aliphatic heterocycles. The van der Waals surface area contributed by atoms with Crippen LogP contribution in [0.25, 0.3) is 20.2 Å². The summed E-state index contributed by atoms with van der Waals surface area (Å²) in [6.45, 7) is 0. The molecular formula is C13H6OS. The molecule has 1 nitrogen and oxygen atoms in total. The molecule has 0 amide bonds. The molecule has 0 N–H and O–H groups in total. The summed E-state index contributed by atoms with van der Waals surface area (Å²) in [7, 11) is 0.